The molecule has 0 spiro atoms. The third kappa shape index (κ3) is 3.98. The van der Waals surface area contributed by atoms with Gasteiger partial charge in [-0.05, 0) is 20.8 Å². The second-order valence-electron chi connectivity index (χ2n) is 5.33. The number of hydrogen-bond donors (Lipinski definition) is 0. The van der Waals surface area contributed by atoms with Crippen molar-refractivity contribution in [1.29, 1.82) is 0 Å². The van der Waals surface area contributed by atoms with Gasteiger partial charge in [-0.1, -0.05) is 0 Å². The zero-order valence-corrected chi connectivity index (χ0v) is 12.9. The minimum Gasteiger partial charge on any atom is -0.542 e. The number of carboxylic acid groups (broad SMARTS) is 1. The number of ether oxygens (including phenoxy) is 1. The van der Waals surface area contributed by atoms with Gasteiger partial charge < -0.3 is 19.5 Å². The van der Waals surface area contributed by atoms with Gasteiger partial charge >= 0.3 is 25.0 Å². The maximum absolute atomic E-state index is 11.9. The number of thiazole rings is 1. The van der Waals surface area contributed by atoms with Crippen molar-refractivity contribution in [2.45, 2.75) is 39.3 Å². The largest absolute Gasteiger partial charge is 1.00 e. The standard InChI is InChI=1S/C12H16N2O4S.Li/c1-12(2,3)18-11(17)14-5-4-8-7(6-14)13-9(19-8)10(15)16;/h4-6H2,1-3H3,(H,15,16);/q;+1/p-1. The van der Waals surface area contributed by atoms with E-state index in [0.29, 0.717) is 18.7 Å². The van der Waals surface area contributed by atoms with E-state index in [4.69, 9.17) is 4.74 Å². The minimum absolute atomic E-state index is 0. The summed E-state index contributed by atoms with van der Waals surface area (Å²) in [6, 6.07) is 0. The number of carbonyl (C=O) groups excluding carboxylic acids is 2. The van der Waals surface area contributed by atoms with Crippen molar-refractivity contribution in [2.75, 3.05) is 6.54 Å². The molecule has 0 N–H and O–H groups in total. The summed E-state index contributed by atoms with van der Waals surface area (Å²) in [5.74, 6) is -1.27. The van der Waals surface area contributed by atoms with Crippen LogP contribution in [-0.2, 0) is 17.7 Å². The predicted molar refractivity (Wildman–Crippen MR) is 66.8 cm³/mol. The first-order valence-electron chi connectivity index (χ1n) is 5.94. The van der Waals surface area contributed by atoms with Crippen molar-refractivity contribution in [3.05, 3.63) is 15.6 Å². The van der Waals surface area contributed by atoms with Crippen LogP contribution < -0.4 is 24.0 Å². The topological polar surface area (TPSA) is 82.6 Å². The van der Waals surface area contributed by atoms with Crippen LogP contribution in [0.15, 0.2) is 0 Å². The molecule has 20 heavy (non-hydrogen) atoms. The Morgan fingerprint density at radius 2 is 2.05 bits per heavy atom. The maximum atomic E-state index is 11.9. The summed E-state index contributed by atoms with van der Waals surface area (Å²) in [5, 5.41) is 10.7. The molecule has 1 aromatic rings. The smallest absolute Gasteiger partial charge is 0.542 e. The molecule has 2 rings (SSSR count). The van der Waals surface area contributed by atoms with E-state index in [1.807, 2.05) is 0 Å². The first-order chi connectivity index (χ1) is 8.76. The van der Waals surface area contributed by atoms with Crippen molar-refractivity contribution in [3.63, 3.8) is 0 Å². The number of rotatable bonds is 1. The van der Waals surface area contributed by atoms with E-state index < -0.39 is 17.7 Å². The van der Waals surface area contributed by atoms with E-state index in [1.54, 1.807) is 20.8 Å². The fourth-order valence-electron chi connectivity index (χ4n) is 1.77. The van der Waals surface area contributed by atoms with E-state index in [2.05, 4.69) is 4.98 Å². The van der Waals surface area contributed by atoms with Crippen LogP contribution in [0.25, 0.3) is 0 Å². The summed E-state index contributed by atoms with van der Waals surface area (Å²) in [4.78, 5) is 29.1. The Morgan fingerprint density at radius 1 is 1.40 bits per heavy atom. The van der Waals surface area contributed by atoms with Gasteiger partial charge in [-0.2, -0.15) is 0 Å². The Morgan fingerprint density at radius 3 is 2.60 bits per heavy atom. The van der Waals surface area contributed by atoms with Crippen molar-refractivity contribution < 1.29 is 38.3 Å². The first-order valence-corrected chi connectivity index (χ1v) is 6.76. The van der Waals surface area contributed by atoms with Crippen molar-refractivity contribution in [3.8, 4) is 0 Å². The molecular formula is C12H15LiN2O4S. The van der Waals surface area contributed by atoms with Gasteiger partial charge in [-0.3, -0.25) is 0 Å². The fourth-order valence-corrected chi connectivity index (χ4v) is 2.66. The molecule has 0 unspecified atom stereocenters. The normalized spacial score (nSPS) is 14.2. The van der Waals surface area contributed by atoms with Gasteiger partial charge in [-0.25, -0.2) is 9.78 Å². The third-order valence-corrected chi connectivity index (χ3v) is 3.69. The predicted octanol–water partition coefficient (Wildman–Crippen LogP) is -2.20. The Kier molecular flexibility index (Phi) is 5.25. The van der Waals surface area contributed by atoms with Crippen LogP contribution in [0.4, 0.5) is 4.79 Å². The fraction of sp³-hybridized carbons (Fsp3) is 0.583. The summed E-state index contributed by atoms with van der Waals surface area (Å²) in [6.45, 7) is 6.20. The van der Waals surface area contributed by atoms with Crippen LogP contribution in [0, 0.1) is 0 Å². The van der Waals surface area contributed by atoms with Crippen LogP contribution in [0.1, 0.15) is 41.1 Å². The molecule has 1 aromatic heterocycles. The Balaban J connectivity index is 0.00000200. The maximum Gasteiger partial charge on any atom is 1.00 e. The first kappa shape index (κ1) is 17.0. The van der Waals surface area contributed by atoms with Gasteiger partial charge in [-0.15, -0.1) is 11.3 Å². The Hall–Kier alpha value is -1.03. The molecule has 1 aliphatic rings. The molecule has 2 heterocycles. The zero-order valence-electron chi connectivity index (χ0n) is 12.1. The van der Waals surface area contributed by atoms with Crippen LogP contribution >= 0.6 is 11.3 Å². The van der Waals surface area contributed by atoms with Crippen molar-refractivity contribution in [1.82, 2.24) is 9.88 Å². The van der Waals surface area contributed by atoms with Gasteiger partial charge in [0.05, 0.1) is 12.2 Å². The van der Waals surface area contributed by atoms with Crippen LogP contribution in [0.5, 0.6) is 0 Å². The van der Waals surface area contributed by atoms with Gasteiger partial charge in [0.1, 0.15) is 16.6 Å². The molecule has 6 nitrogen and oxygen atoms in total. The quantitative estimate of drug-likeness (QED) is 0.548. The molecule has 0 saturated carbocycles. The zero-order chi connectivity index (χ0) is 14.2. The Labute approximate surface area is 133 Å². The summed E-state index contributed by atoms with van der Waals surface area (Å²) in [7, 11) is 0. The van der Waals surface area contributed by atoms with Gasteiger partial charge in [0.2, 0.25) is 0 Å². The van der Waals surface area contributed by atoms with Crippen LogP contribution in [0.3, 0.4) is 0 Å². The average molecular weight is 290 g/mol. The molecule has 0 saturated heterocycles. The monoisotopic (exact) mass is 290 g/mol. The second-order valence-corrected chi connectivity index (χ2v) is 6.41. The number of amides is 1. The van der Waals surface area contributed by atoms with Crippen molar-refractivity contribution in [2.24, 2.45) is 0 Å². The summed E-state index contributed by atoms with van der Waals surface area (Å²) >= 11 is 1.12. The molecule has 0 bridgehead atoms. The number of aromatic nitrogens is 1. The van der Waals surface area contributed by atoms with E-state index in [1.165, 1.54) is 4.90 Å². The average Bonchev–Trinajstić information content (AvgIpc) is 2.69. The number of aromatic carboxylic acids is 1. The van der Waals surface area contributed by atoms with Crippen LogP contribution in [0.2, 0.25) is 0 Å². The molecule has 0 aromatic carbocycles. The third-order valence-electron chi connectivity index (χ3n) is 2.55. The number of carbonyl (C=O) groups is 2. The summed E-state index contributed by atoms with van der Waals surface area (Å²) in [6.07, 6.45) is 0.195. The van der Waals surface area contributed by atoms with E-state index in [0.717, 1.165) is 16.2 Å². The molecule has 0 atom stereocenters. The molecule has 0 aliphatic carbocycles. The molecule has 104 valence electrons. The molecule has 1 aliphatic heterocycles. The summed E-state index contributed by atoms with van der Waals surface area (Å²) < 4.78 is 5.28. The van der Waals surface area contributed by atoms with Crippen LogP contribution in [-0.4, -0.2) is 34.1 Å². The number of hydrogen-bond acceptors (Lipinski definition) is 6. The molecular weight excluding hydrogens is 275 g/mol. The second kappa shape index (κ2) is 6.16. The molecule has 8 heteroatoms. The van der Waals surface area contributed by atoms with E-state index in [-0.39, 0.29) is 30.4 Å². The van der Waals surface area contributed by atoms with Gasteiger partial charge in [0.25, 0.3) is 0 Å². The van der Waals surface area contributed by atoms with Gasteiger partial charge in [0.15, 0.2) is 0 Å². The Bertz CT molecular complexity index is 524. The van der Waals surface area contributed by atoms with Gasteiger partial charge in [0, 0.05) is 17.8 Å². The molecule has 0 radical (unpaired) electrons. The minimum atomic E-state index is -1.27. The van der Waals surface area contributed by atoms with E-state index >= 15 is 0 Å². The number of fused-ring (bicyclic) bond motifs is 1. The van der Waals surface area contributed by atoms with E-state index in [9.17, 15) is 14.7 Å². The summed E-state index contributed by atoms with van der Waals surface area (Å²) in [5.41, 5.74) is 0.0802. The number of nitrogens with zero attached hydrogens (tertiary/aromatic N) is 2. The molecule has 0 fully saturated rings. The number of carboxylic acids is 1. The molecule has 1 amide bonds. The van der Waals surface area contributed by atoms with Crippen molar-refractivity contribution >= 4 is 23.4 Å². The SMILES string of the molecule is CC(C)(C)OC(=O)N1CCc2sc(C(=O)[O-])nc2C1.[Li+].